The van der Waals surface area contributed by atoms with Crippen LogP contribution in [0.15, 0.2) is 24.3 Å². The number of nitrogens with zero attached hydrogens (tertiary/aromatic N) is 2. The molecule has 1 heterocycles. The number of fused-ring (bicyclic) bond motifs is 1. The lowest BCUT2D eigenvalue weighted by atomic mass is 10.1. The van der Waals surface area contributed by atoms with E-state index in [4.69, 9.17) is 0 Å². The van der Waals surface area contributed by atoms with E-state index < -0.39 is 29.0 Å². The molecule has 1 amide bonds. The summed E-state index contributed by atoms with van der Waals surface area (Å²) >= 11 is 0. The predicted octanol–water partition coefficient (Wildman–Crippen LogP) is 1.53. The fourth-order valence-electron chi connectivity index (χ4n) is 1.95. The highest BCUT2D eigenvalue weighted by molar-refractivity contribution is 7.91. The molecule has 18 heavy (non-hydrogen) atoms. The zero-order chi connectivity index (χ0) is 13.5. The Morgan fingerprint density at radius 3 is 2.44 bits per heavy atom. The van der Waals surface area contributed by atoms with Crippen LogP contribution in [-0.4, -0.2) is 31.5 Å². The average molecular weight is 272 g/mol. The second-order valence-electron chi connectivity index (χ2n) is 4.19. The van der Waals surface area contributed by atoms with Crippen LogP contribution in [0.2, 0.25) is 0 Å². The Bertz CT molecular complexity index is 586. The molecule has 0 fully saturated rings. The Morgan fingerprint density at radius 2 is 1.89 bits per heavy atom. The van der Waals surface area contributed by atoms with Gasteiger partial charge >= 0.3 is 10.2 Å². The summed E-state index contributed by atoms with van der Waals surface area (Å²) in [4.78, 5) is 12.1. The summed E-state index contributed by atoms with van der Waals surface area (Å²) in [6.45, 7) is 1.94. The number of para-hydroxylation sites is 1. The first-order valence-electron chi connectivity index (χ1n) is 5.42. The molecular formula is C11H13FN2O3S. The van der Waals surface area contributed by atoms with Crippen molar-refractivity contribution in [2.45, 2.75) is 19.9 Å². The standard InChI is InChI=1S/C11H13FN2O3S/c1-8(2)14-11(15)9-5-3-4-6-10(9)13(7-12)18(14,16)17/h3-6,8H,7H2,1-2H3. The van der Waals surface area contributed by atoms with E-state index in [-0.39, 0.29) is 11.3 Å². The minimum Gasteiger partial charge on any atom is -0.268 e. The predicted molar refractivity (Wildman–Crippen MR) is 65.1 cm³/mol. The van der Waals surface area contributed by atoms with Crippen molar-refractivity contribution >= 4 is 21.8 Å². The average Bonchev–Trinajstić information content (AvgIpc) is 2.28. The van der Waals surface area contributed by atoms with E-state index in [1.807, 2.05) is 0 Å². The van der Waals surface area contributed by atoms with Gasteiger partial charge in [0, 0.05) is 6.04 Å². The molecule has 0 saturated heterocycles. The quantitative estimate of drug-likeness (QED) is 0.767. The second-order valence-corrected chi connectivity index (χ2v) is 5.92. The van der Waals surface area contributed by atoms with Crippen molar-refractivity contribution < 1.29 is 17.6 Å². The highest BCUT2D eigenvalue weighted by atomic mass is 32.2. The molecule has 1 aliphatic heterocycles. The molecule has 0 saturated carbocycles. The maximum atomic E-state index is 13.0. The molecule has 1 aromatic carbocycles. The van der Waals surface area contributed by atoms with E-state index in [9.17, 15) is 17.6 Å². The molecule has 0 atom stereocenters. The van der Waals surface area contributed by atoms with Gasteiger partial charge in [-0.25, -0.2) is 13.0 Å². The van der Waals surface area contributed by atoms with E-state index in [1.54, 1.807) is 26.0 Å². The van der Waals surface area contributed by atoms with Crippen molar-refractivity contribution in [1.82, 2.24) is 4.31 Å². The number of carbonyl (C=O) groups is 1. The number of hydrogen-bond donors (Lipinski definition) is 0. The minimum absolute atomic E-state index is 0.0851. The van der Waals surface area contributed by atoms with Gasteiger partial charge < -0.3 is 0 Å². The van der Waals surface area contributed by atoms with Crippen LogP contribution >= 0.6 is 0 Å². The molecule has 0 N–H and O–H groups in total. The summed E-state index contributed by atoms with van der Waals surface area (Å²) in [7, 11) is -4.13. The van der Waals surface area contributed by atoms with Gasteiger partial charge in [0.05, 0.1) is 11.3 Å². The van der Waals surface area contributed by atoms with Gasteiger partial charge in [0.1, 0.15) is 0 Å². The van der Waals surface area contributed by atoms with E-state index in [2.05, 4.69) is 0 Å². The monoisotopic (exact) mass is 272 g/mol. The smallest absolute Gasteiger partial charge is 0.268 e. The summed E-state index contributed by atoms with van der Waals surface area (Å²) in [5.74, 6) is -0.620. The molecule has 1 aliphatic rings. The summed E-state index contributed by atoms with van der Waals surface area (Å²) < 4.78 is 38.6. The first-order chi connectivity index (χ1) is 8.41. The van der Waals surface area contributed by atoms with Gasteiger partial charge in [0.15, 0.2) is 6.80 Å². The highest BCUT2D eigenvalue weighted by Crippen LogP contribution is 2.33. The fourth-order valence-corrected chi connectivity index (χ4v) is 3.54. The molecule has 0 spiro atoms. The number of rotatable bonds is 2. The molecule has 0 aliphatic carbocycles. The first-order valence-corrected chi connectivity index (χ1v) is 6.82. The highest BCUT2D eigenvalue weighted by Gasteiger charge is 2.42. The Balaban J connectivity index is 2.71. The number of carbonyl (C=O) groups excluding carboxylic acids is 1. The third-order valence-electron chi connectivity index (χ3n) is 2.71. The molecule has 0 bridgehead atoms. The van der Waals surface area contributed by atoms with Crippen molar-refractivity contribution in [3.8, 4) is 0 Å². The lowest BCUT2D eigenvalue weighted by molar-refractivity contribution is 0.0830. The number of anilines is 1. The van der Waals surface area contributed by atoms with Crippen molar-refractivity contribution in [3.63, 3.8) is 0 Å². The lowest BCUT2D eigenvalue weighted by Gasteiger charge is -2.37. The maximum Gasteiger partial charge on any atom is 0.331 e. The number of hydrogen-bond acceptors (Lipinski definition) is 3. The molecule has 98 valence electrons. The van der Waals surface area contributed by atoms with Gasteiger partial charge in [-0.15, -0.1) is 0 Å². The summed E-state index contributed by atoms with van der Waals surface area (Å²) in [5.41, 5.74) is 0.278. The van der Waals surface area contributed by atoms with Crippen LogP contribution in [0.5, 0.6) is 0 Å². The van der Waals surface area contributed by atoms with E-state index in [1.165, 1.54) is 12.1 Å². The third-order valence-corrected chi connectivity index (χ3v) is 4.64. The van der Waals surface area contributed by atoms with Gasteiger partial charge in [-0.1, -0.05) is 12.1 Å². The molecular weight excluding hydrogens is 259 g/mol. The van der Waals surface area contributed by atoms with Crippen molar-refractivity contribution in [1.29, 1.82) is 0 Å². The minimum atomic E-state index is -4.13. The summed E-state index contributed by atoms with van der Waals surface area (Å²) in [6.07, 6.45) is 0. The van der Waals surface area contributed by atoms with Gasteiger partial charge in [0.2, 0.25) is 0 Å². The molecule has 0 radical (unpaired) electrons. The van der Waals surface area contributed by atoms with Crippen LogP contribution in [0.4, 0.5) is 10.1 Å². The number of alkyl halides is 1. The SMILES string of the molecule is CC(C)N1C(=O)c2ccccc2N(CF)S1(=O)=O. The molecule has 1 aromatic rings. The Kier molecular flexibility index (Phi) is 3.02. The fraction of sp³-hybridized carbons (Fsp3) is 0.364. The summed E-state index contributed by atoms with van der Waals surface area (Å²) in [6, 6.07) is 5.52. The Hall–Kier alpha value is -1.63. The van der Waals surface area contributed by atoms with Crippen LogP contribution in [0.25, 0.3) is 0 Å². The molecule has 2 rings (SSSR count). The van der Waals surface area contributed by atoms with Gasteiger partial charge in [-0.05, 0) is 26.0 Å². The number of halogens is 1. The van der Waals surface area contributed by atoms with Crippen LogP contribution in [-0.2, 0) is 10.2 Å². The number of benzene rings is 1. The van der Waals surface area contributed by atoms with Crippen LogP contribution in [0.3, 0.4) is 0 Å². The molecule has 7 heteroatoms. The largest absolute Gasteiger partial charge is 0.331 e. The normalized spacial score (nSPS) is 18.1. The molecule has 0 aromatic heterocycles. The van der Waals surface area contributed by atoms with Gasteiger partial charge in [-0.3, -0.25) is 4.79 Å². The second kappa shape index (κ2) is 4.24. The number of amides is 1. The van der Waals surface area contributed by atoms with Crippen LogP contribution in [0, 0.1) is 0 Å². The topological polar surface area (TPSA) is 57.7 Å². The molecule has 5 nitrogen and oxygen atoms in total. The van der Waals surface area contributed by atoms with Crippen molar-refractivity contribution in [2.24, 2.45) is 0 Å². The van der Waals surface area contributed by atoms with E-state index in [0.717, 1.165) is 0 Å². The van der Waals surface area contributed by atoms with E-state index in [0.29, 0.717) is 8.61 Å². The summed E-state index contributed by atoms with van der Waals surface area (Å²) in [5, 5.41) is 0. The van der Waals surface area contributed by atoms with Gasteiger partial charge in [0.25, 0.3) is 5.91 Å². The zero-order valence-corrected chi connectivity index (χ0v) is 10.8. The Morgan fingerprint density at radius 1 is 1.28 bits per heavy atom. The van der Waals surface area contributed by atoms with Crippen LogP contribution in [0.1, 0.15) is 24.2 Å². The van der Waals surface area contributed by atoms with E-state index >= 15 is 0 Å². The molecule has 0 unspecified atom stereocenters. The van der Waals surface area contributed by atoms with Crippen molar-refractivity contribution in [2.75, 3.05) is 11.1 Å². The zero-order valence-electron chi connectivity index (χ0n) is 10.00. The first kappa shape index (κ1) is 12.8. The van der Waals surface area contributed by atoms with Crippen LogP contribution < -0.4 is 4.31 Å². The lowest BCUT2D eigenvalue weighted by Crippen LogP contribution is -2.53. The van der Waals surface area contributed by atoms with Gasteiger partial charge in [-0.2, -0.15) is 8.42 Å². The van der Waals surface area contributed by atoms with Crippen molar-refractivity contribution in [3.05, 3.63) is 29.8 Å². The maximum absolute atomic E-state index is 13.0. The third kappa shape index (κ3) is 1.66. The Labute approximate surface area is 105 Å².